The molecule has 1 fully saturated rings. The van der Waals surface area contributed by atoms with Gasteiger partial charge in [0, 0.05) is 0 Å². The van der Waals surface area contributed by atoms with Crippen molar-refractivity contribution in [2.24, 2.45) is 17.6 Å². The summed E-state index contributed by atoms with van der Waals surface area (Å²) in [6.45, 7) is 3.65. The molecule has 1 aliphatic carbocycles. The van der Waals surface area contributed by atoms with Gasteiger partial charge >= 0.3 is 5.97 Å². The van der Waals surface area contributed by atoms with E-state index in [2.05, 4.69) is 6.58 Å². The molecule has 1 saturated carbocycles. The second-order valence-corrected chi connectivity index (χ2v) is 3.07. The molecule has 0 aliphatic heterocycles. The summed E-state index contributed by atoms with van der Waals surface area (Å²) in [5, 5.41) is 8.76. The van der Waals surface area contributed by atoms with Crippen LogP contribution in [-0.4, -0.2) is 17.0 Å². The lowest BCUT2D eigenvalue weighted by atomic mass is 9.96. The van der Waals surface area contributed by atoms with Gasteiger partial charge in [0.2, 0.25) is 5.91 Å². The highest BCUT2D eigenvalue weighted by Gasteiger charge is 2.38. The summed E-state index contributed by atoms with van der Waals surface area (Å²) in [6.07, 6.45) is 0.717. The largest absolute Gasteiger partial charge is 0.481 e. The first-order chi connectivity index (χ1) is 6.06. The quantitative estimate of drug-likeness (QED) is 0.578. The number of hydrogen-bond acceptors (Lipinski definition) is 2. The number of carbonyl (C=O) groups excluding carboxylic acids is 1. The van der Waals surface area contributed by atoms with E-state index >= 15 is 0 Å². The van der Waals surface area contributed by atoms with Crippen molar-refractivity contribution in [1.82, 2.24) is 0 Å². The molecular formula is C8H11NO3. The molecule has 1 rings (SSSR count). The average Bonchev–Trinajstić information content (AvgIpc) is 2.46. The van der Waals surface area contributed by atoms with Crippen molar-refractivity contribution in [2.45, 2.75) is 12.8 Å². The highest BCUT2D eigenvalue weighted by atomic mass is 16.4. The third kappa shape index (κ3) is 1.47. The summed E-state index contributed by atoms with van der Waals surface area (Å²) >= 11 is 0. The summed E-state index contributed by atoms with van der Waals surface area (Å²) in [7, 11) is 0. The topological polar surface area (TPSA) is 80.4 Å². The number of primary amides is 1. The van der Waals surface area contributed by atoms with Crippen LogP contribution in [0.15, 0.2) is 12.2 Å². The minimum absolute atomic E-state index is 0.341. The maximum Gasteiger partial charge on any atom is 0.307 e. The van der Waals surface area contributed by atoms with Crippen LogP contribution in [-0.2, 0) is 9.59 Å². The Morgan fingerprint density at radius 2 is 2.17 bits per heavy atom. The van der Waals surface area contributed by atoms with Crippen LogP contribution in [0, 0.1) is 11.8 Å². The molecule has 4 heteroatoms. The lowest BCUT2D eigenvalue weighted by molar-refractivity contribution is -0.145. The fourth-order valence-corrected chi connectivity index (χ4v) is 1.52. The summed E-state index contributed by atoms with van der Waals surface area (Å²) in [5.74, 6) is -2.86. The van der Waals surface area contributed by atoms with Crippen LogP contribution in [0.3, 0.4) is 0 Å². The van der Waals surface area contributed by atoms with E-state index in [1.807, 2.05) is 0 Å². The molecule has 0 saturated heterocycles. The van der Waals surface area contributed by atoms with Gasteiger partial charge in [-0.25, -0.2) is 0 Å². The molecule has 0 bridgehead atoms. The molecule has 0 aromatic rings. The van der Waals surface area contributed by atoms with Crippen LogP contribution >= 0.6 is 0 Å². The number of amides is 1. The van der Waals surface area contributed by atoms with Gasteiger partial charge in [0.15, 0.2) is 1.41 Å². The third-order valence-electron chi connectivity index (χ3n) is 2.16. The van der Waals surface area contributed by atoms with Crippen molar-refractivity contribution < 1.29 is 16.1 Å². The lowest BCUT2D eigenvalue weighted by Gasteiger charge is -2.09. The van der Waals surface area contributed by atoms with E-state index in [-0.39, 0.29) is 0 Å². The minimum atomic E-state index is -0.993. The molecule has 0 aromatic heterocycles. The second kappa shape index (κ2) is 2.97. The van der Waals surface area contributed by atoms with Gasteiger partial charge in [-0.1, -0.05) is 12.2 Å². The highest BCUT2D eigenvalue weighted by Crippen LogP contribution is 2.34. The molecule has 1 aliphatic rings. The van der Waals surface area contributed by atoms with Crippen molar-refractivity contribution >= 4 is 11.9 Å². The Bertz CT molecular complexity index is 264. The van der Waals surface area contributed by atoms with Crippen molar-refractivity contribution in [3.63, 3.8) is 0 Å². The average molecular weight is 170 g/mol. The maximum absolute atomic E-state index is 11.1. The van der Waals surface area contributed by atoms with Crippen LogP contribution in [0.4, 0.5) is 0 Å². The maximum atomic E-state index is 11.1. The molecule has 0 unspecified atom stereocenters. The van der Waals surface area contributed by atoms with E-state index in [1.54, 1.807) is 5.73 Å². The first kappa shape index (κ1) is 7.34. The minimum Gasteiger partial charge on any atom is -0.481 e. The van der Waals surface area contributed by atoms with E-state index in [4.69, 9.17) is 6.52 Å². The van der Waals surface area contributed by atoms with E-state index in [1.165, 1.54) is 0 Å². The standard InChI is InChI=1S/C8H11NO3/c1-4-2-5(7(9)10)6(3-4)8(11)12/h5-6H,1-3H2,(H2,9,10)(H,11,12)/t5-,6-/m0/s1/i/hD. The number of rotatable bonds is 2. The zero-order chi connectivity index (χ0) is 10.0. The number of carboxylic acid groups (broad SMARTS) is 1. The molecule has 0 heterocycles. The Labute approximate surface area is 71.5 Å². The number of carbonyl (C=O) groups is 2. The molecule has 2 atom stereocenters. The molecule has 0 radical (unpaired) electrons. The van der Waals surface area contributed by atoms with Gasteiger partial charge in [-0.15, -0.1) is 0 Å². The molecule has 0 aromatic carbocycles. The van der Waals surface area contributed by atoms with Crippen molar-refractivity contribution in [3.8, 4) is 0 Å². The van der Waals surface area contributed by atoms with Gasteiger partial charge in [0.05, 0.1) is 11.8 Å². The van der Waals surface area contributed by atoms with Gasteiger partial charge in [0.1, 0.15) is 0 Å². The summed E-state index contributed by atoms with van der Waals surface area (Å²) in [4.78, 5) is 21.8. The van der Waals surface area contributed by atoms with E-state index in [9.17, 15) is 9.59 Å². The van der Waals surface area contributed by atoms with Crippen molar-refractivity contribution in [1.29, 1.82) is 0 Å². The van der Waals surface area contributed by atoms with Crippen LogP contribution < -0.4 is 5.73 Å². The molecule has 4 nitrogen and oxygen atoms in total. The summed E-state index contributed by atoms with van der Waals surface area (Å²) in [6, 6.07) is 0. The number of carboxylic acids is 1. The summed E-state index contributed by atoms with van der Waals surface area (Å²) in [5.41, 5.74) is 2.48. The van der Waals surface area contributed by atoms with Gasteiger partial charge in [-0.05, 0) is 12.8 Å². The number of nitrogens with two attached hydrogens (primary N) is 1. The molecular weight excluding hydrogens is 158 g/mol. The third-order valence-corrected chi connectivity index (χ3v) is 2.16. The smallest absolute Gasteiger partial charge is 0.307 e. The monoisotopic (exact) mass is 170 g/mol. The lowest BCUT2D eigenvalue weighted by Crippen LogP contribution is -2.30. The van der Waals surface area contributed by atoms with Gasteiger partial charge in [0.25, 0.3) is 0 Å². The second-order valence-electron chi connectivity index (χ2n) is 3.07. The zero-order valence-corrected chi connectivity index (χ0v) is 6.54. The SMILES string of the molecule is [2H]NC(=O)[C@H]1CC(=C)C[C@@H]1C(=O)O. The molecule has 3 N–H and O–H groups in total. The Morgan fingerprint density at radius 1 is 1.58 bits per heavy atom. The van der Waals surface area contributed by atoms with E-state index < -0.39 is 23.7 Å². The normalized spacial score (nSPS) is 29.7. The van der Waals surface area contributed by atoms with Crippen LogP contribution in [0.5, 0.6) is 0 Å². The Kier molecular flexibility index (Phi) is 1.81. The predicted molar refractivity (Wildman–Crippen MR) is 42.2 cm³/mol. The summed E-state index contributed by atoms with van der Waals surface area (Å²) < 4.78 is 6.65. The number of allylic oxidation sites excluding steroid dienone is 1. The molecule has 12 heavy (non-hydrogen) atoms. The molecule has 1 amide bonds. The molecule has 66 valence electrons. The highest BCUT2D eigenvalue weighted by molar-refractivity contribution is 5.84. The fraction of sp³-hybridized carbons (Fsp3) is 0.500. The molecule has 0 spiro atoms. The van der Waals surface area contributed by atoms with Gasteiger partial charge in [-0.3, -0.25) is 9.59 Å². The number of aliphatic carboxylic acids is 1. The number of hydrogen-bond donors (Lipinski definition) is 2. The van der Waals surface area contributed by atoms with Crippen molar-refractivity contribution in [3.05, 3.63) is 12.2 Å². The predicted octanol–water partition coefficient (Wildman–Crippen LogP) is 0.139. The fourth-order valence-electron chi connectivity index (χ4n) is 1.52. The Balaban J connectivity index is 2.77. The Morgan fingerprint density at radius 3 is 2.67 bits per heavy atom. The Hall–Kier alpha value is -1.32. The van der Waals surface area contributed by atoms with Crippen LogP contribution in [0.25, 0.3) is 0 Å². The van der Waals surface area contributed by atoms with Crippen molar-refractivity contribution in [2.75, 3.05) is 0 Å². The first-order valence-corrected chi connectivity index (χ1v) is 3.67. The van der Waals surface area contributed by atoms with Crippen LogP contribution in [0.1, 0.15) is 12.8 Å². The zero-order valence-electron chi connectivity index (χ0n) is 7.54. The van der Waals surface area contributed by atoms with E-state index in [0.29, 0.717) is 12.8 Å². The van der Waals surface area contributed by atoms with Gasteiger partial charge < -0.3 is 10.8 Å². The van der Waals surface area contributed by atoms with Gasteiger partial charge in [-0.2, -0.15) is 0 Å². The first-order valence-electron chi connectivity index (χ1n) is 4.17. The van der Waals surface area contributed by atoms with Crippen LogP contribution in [0.2, 0.25) is 1.41 Å². The van der Waals surface area contributed by atoms with E-state index in [0.717, 1.165) is 5.57 Å².